The van der Waals surface area contributed by atoms with Crippen LogP contribution in [0.3, 0.4) is 0 Å². The molecule has 0 aliphatic carbocycles. The number of nitrogens with one attached hydrogen (secondary N) is 1. The van der Waals surface area contributed by atoms with Crippen LogP contribution in [-0.4, -0.2) is 22.3 Å². The van der Waals surface area contributed by atoms with Gasteiger partial charge >= 0.3 is 6.61 Å². The fourth-order valence-corrected chi connectivity index (χ4v) is 2.19. The van der Waals surface area contributed by atoms with Crippen molar-refractivity contribution in [3.63, 3.8) is 0 Å². The summed E-state index contributed by atoms with van der Waals surface area (Å²) in [5.74, 6) is -0.479. The summed E-state index contributed by atoms with van der Waals surface area (Å²) in [6.45, 7) is -1.29. The Kier molecular flexibility index (Phi) is 5.36. The molecule has 1 aromatic carbocycles. The van der Waals surface area contributed by atoms with Gasteiger partial charge in [0.1, 0.15) is 11.8 Å². The van der Waals surface area contributed by atoms with Gasteiger partial charge in [-0.1, -0.05) is 11.6 Å². The fraction of sp³-hybridized carbons (Fsp3) is 0.231. The molecule has 5 nitrogen and oxygen atoms in total. The van der Waals surface area contributed by atoms with Crippen LogP contribution in [0.15, 0.2) is 35.1 Å². The molecule has 0 saturated heterocycles. The van der Waals surface area contributed by atoms with E-state index in [9.17, 15) is 13.6 Å². The molecule has 1 aromatic heterocycles. The topological polar surface area (TPSA) is 56.1 Å². The van der Waals surface area contributed by atoms with Crippen molar-refractivity contribution in [1.29, 1.82) is 0 Å². The zero-order valence-electron chi connectivity index (χ0n) is 11.3. The van der Waals surface area contributed by atoms with Crippen LogP contribution < -0.4 is 10.1 Å². The summed E-state index contributed by atoms with van der Waals surface area (Å²) in [5, 5.41) is 6.63. The highest BCUT2D eigenvalue weighted by molar-refractivity contribution is 9.10. The monoisotopic (exact) mass is 393 g/mol. The SMILES string of the molecule is CC(C(=O)Nc1ccc(OC(F)F)c(Cl)c1)n1cc(Br)cn1. The van der Waals surface area contributed by atoms with Crippen molar-refractivity contribution in [1.82, 2.24) is 9.78 Å². The van der Waals surface area contributed by atoms with Crippen LogP contribution in [0.1, 0.15) is 13.0 Å². The minimum atomic E-state index is -2.96. The lowest BCUT2D eigenvalue weighted by molar-refractivity contribution is -0.119. The number of anilines is 1. The number of rotatable bonds is 5. The van der Waals surface area contributed by atoms with Gasteiger partial charge in [-0.15, -0.1) is 0 Å². The molecule has 1 N–H and O–H groups in total. The predicted molar refractivity (Wildman–Crippen MR) is 81.4 cm³/mol. The summed E-state index contributed by atoms with van der Waals surface area (Å²) in [6.07, 6.45) is 3.23. The fourth-order valence-electron chi connectivity index (χ4n) is 1.66. The molecular formula is C13H11BrClF2N3O2. The van der Waals surface area contributed by atoms with E-state index in [0.29, 0.717) is 5.69 Å². The third kappa shape index (κ3) is 4.17. The van der Waals surface area contributed by atoms with Crippen molar-refractivity contribution in [2.45, 2.75) is 19.6 Å². The molecule has 9 heteroatoms. The summed E-state index contributed by atoms with van der Waals surface area (Å²) in [5.41, 5.74) is 0.370. The Hall–Kier alpha value is -1.67. The van der Waals surface area contributed by atoms with Crippen molar-refractivity contribution < 1.29 is 18.3 Å². The molecule has 22 heavy (non-hydrogen) atoms. The second-order valence-electron chi connectivity index (χ2n) is 4.33. The van der Waals surface area contributed by atoms with Gasteiger partial charge in [0.05, 0.1) is 15.7 Å². The van der Waals surface area contributed by atoms with E-state index in [0.717, 1.165) is 4.47 Å². The van der Waals surface area contributed by atoms with Crippen LogP contribution in [0.2, 0.25) is 5.02 Å². The van der Waals surface area contributed by atoms with Gasteiger partial charge in [-0.05, 0) is 41.1 Å². The first-order valence-corrected chi connectivity index (χ1v) is 7.29. The Morgan fingerprint density at radius 3 is 2.77 bits per heavy atom. The highest BCUT2D eigenvalue weighted by atomic mass is 79.9. The van der Waals surface area contributed by atoms with Gasteiger partial charge in [-0.3, -0.25) is 9.48 Å². The maximum atomic E-state index is 12.1. The summed E-state index contributed by atoms with van der Waals surface area (Å²) in [6, 6.07) is 3.47. The molecule has 1 unspecified atom stereocenters. The number of nitrogens with zero attached hydrogens (tertiary/aromatic N) is 2. The average molecular weight is 395 g/mol. The van der Waals surface area contributed by atoms with E-state index in [4.69, 9.17) is 11.6 Å². The maximum Gasteiger partial charge on any atom is 0.387 e. The van der Waals surface area contributed by atoms with Gasteiger partial charge in [0.2, 0.25) is 5.91 Å². The molecule has 1 atom stereocenters. The molecule has 0 fully saturated rings. The second-order valence-corrected chi connectivity index (χ2v) is 5.65. The number of aromatic nitrogens is 2. The largest absolute Gasteiger partial charge is 0.433 e. The van der Waals surface area contributed by atoms with E-state index >= 15 is 0 Å². The van der Waals surface area contributed by atoms with E-state index in [-0.39, 0.29) is 16.7 Å². The molecule has 0 radical (unpaired) electrons. The zero-order chi connectivity index (χ0) is 16.3. The van der Waals surface area contributed by atoms with Gasteiger partial charge in [-0.2, -0.15) is 13.9 Å². The standard InChI is InChI=1S/C13H11BrClF2N3O2/c1-7(20-6-8(14)5-18-20)12(21)19-9-2-3-11(10(15)4-9)22-13(16)17/h2-7,13H,1H3,(H,19,21). The van der Waals surface area contributed by atoms with Crippen LogP contribution in [0.5, 0.6) is 5.75 Å². The van der Waals surface area contributed by atoms with E-state index in [1.165, 1.54) is 22.9 Å². The Balaban J connectivity index is 2.07. The maximum absolute atomic E-state index is 12.1. The molecule has 118 valence electrons. The Bertz CT molecular complexity index is 681. The quantitative estimate of drug-likeness (QED) is 0.831. The van der Waals surface area contributed by atoms with E-state index in [2.05, 4.69) is 31.1 Å². The molecule has 0 saturated carbocycles. The number of carbonyl (C=O) groups excluding carboxylic acids is 1. The number of carbonyl (C=O) groups is 1. The number of hydrogen-bond donors (Lipinski definition) is 1. The first-order valence-electron chi connectivity index (χ1n) is 6.11. The number of hydrogen-bond acceptors (Lipinski definition) is 3. The van der Waals surface area contributed by atoms with Gasteiger partial charge < -0.3 is 10.1 Å². The number of amides is 1. The number of ether oxygens (including phenoxy) is 1. The summed E-state index contributed by atoms with van der Waals surface area (Å²) >= 11 is 9.07. The van der Waals surface area contributed by atoms with Gasteiger partial charge in [0.25, 0.3) is 0 Å². The van der Waals surface area contributed by atoms with Crippen molar-refractivity contribution in [2.24, 2.45) is 0 Å². The molecule has 1 heterocycles. The Morgan fingerprint density at radius 2 is 2.23 bits per heavy atom. The highest BCUT2D eigenvalue weighted by Crippen LogP contribution is 2.29. The Morgan fingerprint density at radius 1 is 1.50 bits per heavy atom. The van der Waals surface area contributed by atoms with Crippen LogP contribution in [0.4, 0.5) is 14.5 Å². The number of halogens is 4. The third-order valence-electron chi connectivity index (χ3n) is 2.76. The van der Waals surface area contributed by atoms with Crippen LogP contribution in [0.25, 0.3) is 0 Å². The third-order valence-corrected chi connectivity index (χ3v) is 3.47. The summed E-state index contributed by atoms with van der Waals surface area (Å²) < 4.78 is 30.7. The van der Waals surface area contributed by atoms with Crippen molar-refractivity contribution in [3.8, 4) is 5.75 Å². The van der Waals surface area contributed by atoms with Crippen LogP contribution in [0, 0.1) is 0 Å². The van der Waals surface area contributed by atoms with Gasteiger partial charge in [0, 0.05) is 11.9 Å². The predicted octanol–water partition coefficient (Wildman–Crippen LogP) is 4.10. The van der Waals surface area contributed by atoms with Crippen molar-refractivity contribution in [3.05, 3.63) is 40.1 Å². The van der Waals surface area contributed by atoms with Crippen molar-refractivity contribution in [2.75, 3.05) is 5.32 Å². The lowest BCUT2D eigenvalue weighted by Gasteiger charge is -2.13. The minimum absolute atomic E-state index is 0.0208. The van der Waals surface area contributed by atoms with Gasteiger partial charge in [-0.25, -0.2) is 0 Å². The zero-order valence-corrected chi connectivity index (χ0v) is 13.6. The van der Waals surface area contributed by atoms with E-state index < -0.39 is 12.7 Å². The van der Waals surface area contributed by atoms with Crippen LogP contribution in [-0.2, 0) is 4.79 Å². The smallest absolute Gasteiger partial charge is 0.387 e. The Labute approximate surface area is 138 Å². The molecule has 1 amide bonds. The molecule has 2 aromatic rings. The first kappa shape index (κ1) is 16.7. The number of alkyl halides is 2. The summed E-state index contributed by atoms with van der Waals surface area (Å²) in [4.78, 5) is 12.1. The van der Waals surface area contributed by atoms with E-state index in [1.54, 1.807) is 19.3 Å². The van der Waals surface area contributed by atoms with E-state index in [1.807, 2.05) is 0 Å². The first-order chi connectivity index (χ1) is 10.4. The molecule has 2 rings (SSSR count). The summed E-state index contributed by atoms with van der Waals surface area (Å²) in [7, 11) is 0. The number of benzene rings is 1. The van der Waals surface area contributed by atoms with Crippen molar-refractivity contribution >= 4 is 39.1 Å². The normalized spacial score (nSPS) is 12.3. The highest BCUT2D eigenvalue weighted by Gasteiger charge is 2.17. The molecule has 0 aliphatic heterocycles. The van der Waals surface area contributed by atoms with Crippen LogP contribution >= 0.6 is 27.5 Å². The molecule has 0 aliphatic rings. The minimum Gasteiger partial charge on any atom is -0.433 e. The lowest BCUT2D eigenvalue weighted by Crippen LogP contribution is -2.24. The molecule has 0 bridgehead atoms. The lowest BCUT2D eigenvalue weighted by atomic mass is 10.2. The molecule has 0 spiro atoms. The second kappa shape index (κ2) is 7.06. The van der Waals surface area contributed by atoms with Gasteiger partial charge in [0.15, 0.2) is 0 Å². The molecular weight excluding hydrogens is 384 g/mol. The average Bonchev–Trinajstić information content (AvgIpc) is 2.87.